The summed E-state index contributed by atoms with van der Waals surface area (Å²) in [7, 11) is 1.52. The Morgan fingerprint density at radius 3 is 2.56 bits per heavy atom. The third-order valence-electron chi connectivity index (χ3n) is 2.33. The maximum atomic E-state index is 11.3. The van der Waals surface area contributed by atoms with Crippen molar-refractivity contribution in [2.75, 3.05) is 6.54 Å². The number of nitrogens with one attached hydrogen (secondary N) is 2. The standard InChI is InChI=1S/C9H9ClN2O3S/c10-16(14,15)8-4-2-1-3-6(8)7-5-11-9(13)12-7/h1-4,7H,5H2,(H2,11,12,13). The molecule has 5 nitrogen and oxygen atoms in total. The van der Waals surface area contributed by atoms with Gasteiger partial charge >= 0.3 is 6.03 Å². The Bertz CT molecular complexity index is 529. The second-order valence-corrected chi connectivity index (χ2v) is 5.92. The molecule has 16 heavy (non-hydrogen) atoms. The van der Waals surface area contributed by atoms with E-state index < -0.39 is 9.05 Å². The van der Waals surface area contributed by atoms with Gasteiger partial charge in [-0.25, -0.2) is 13.2 Å². The van der Waals surface area contributed by atoms with Crippen LogP contribution in [0.25, 0.3) is 0 Å². The molecule has 0 spiro atoms. The molecule has 1 unspecified atom stereocenters. The van der Waals surface area contributed by atoms with Gasteiger partial charge in [0.2, 0.25) is 0 Å². The van der Waals surface area contributed by atoms with Gasteiger partial charge in [0.15, 0.2) is 0 Å². The van der Waals surface area contributed by atoms with Crippen LogP contribution < -0.4 is 10.6 Å². The molecular weight excluding hydrogens is 252 g/mol. The van der Waals surface area contributed by atoms with Crippen molar-refractivity contribution in [1.82, 2.24) is 10.6 Å². The number of hydrogen-bond acceptors (Lipinski definition) is 3. The van der Waals surface area contributed by atoms with Crippen molar-refractivity contribution in [2.24, 2.45) is 0 Å². The van der Waals surface area contributed by atoms with Crippen LogP contribution in [0.1, 0.15) is 11.6 Å². The smallest absolute Gasteiger partial charge is 0.315 e. The van der Waals surface area contributed by atoms with E-state index in [1.54, 1.807) is 18.2 Å². The lowest BCUT2D eigenvalue weighted by atomic mass is 10.1. The summed E-state index contributed by atoms with van der Waals surface area (Å²) in [6.07, 6.45) is 0. The fourth-order valence-electron chi connectivity index (χ4n) is 1.63. The van der Waals surface area contributed by atoms with Gasteiger partial charge in [0.25, 0.3) is 9.05 Å². The van der Waals surface area contributed by atoms with E-state index in [0.717, 1.165) is 0 Å². The molecule has 2 rings (SSSR count). The van der Waals surface area contributed by atoms with Gasteiger partial charge in [-0.2, -0.15) is 0 Å². The van der Waals surface area contributed by atoms with E-state index in [1.165, 1.54) is 6.07 Å². The molecule has 0 bridgehead atoms. The van der Waals surface area contributed by atoms with Crippen molar-refractivity contribution >= 4 is 25.8 Å². The zero-order valence-electron chi connectivity index (χ0n) is 8.10. The summed E-state index contributed by atoms with van der Waals surface area (Å²) < 4.78 is 22.6. The predicted molar refractivity (Wildman–Crippen MR) is 58.8 cm³/mol. The zero-order chi connectivity index (χ0) is 11.8. The SMILES string of the molecule is O=C1NCC(c2ccccc2S(=O)(=O)Cl)N1. The lowest BCUT2D eigenvalue weighted by molar-refractivity contribution is 0.247. The van der Waals surface area contributed by atoms with E-state index in [4.69, 9.17) is 10.7 Å². The van der Waals surface area contributed by atoms with E-state index in [2.05, 4.69) is 10.6 Å². The fourth-order valence-corrected chi connectivity index (χ4v) is 2.79. The maximum Gasteiger partial charge on any atom is 0.315 e. The van der Waals surface area contributed by atoms with Gasteiger partial charge in [-0.3, -0.25) is 0 Å². The van der Waals surface area contributed by atoms with Crippen LogP contribution in [-0.4, -0.2) is 21.0 Å². The van der Waals surface area contributed by atoms with Crippen LogP contribution in [0.3, 0.4) is 0 Å². The molecule has 1 fully saturated rings. The summed E-state index contributed by atoms with van der Waals surface area (Å²) in [6, 6.07) is 5.66. The van der Waals surface area contributed by atoms with Crippen LogP contribution in [0.2, 0.25) is 0 Å². The Morgan fingerprint density at radius 1 is 1.31 bits per heavy atom. The number of carbonyl (C=O) groups is 1. The molecule has 1 aliphatic rings. The van der Waals surface area contributed by atoms with Crippen LogP contribution in [0.5, 0.6) is 0 Å². The molecular formula is C9H9ClN2O3S. The topological polar surface area (TPSA) is 75.3 Å². The summed E-state index contributed by atoms with van der Waals surface area (Å²) in [5, 5.41) is 5.17. The molecule has 7 heteroatoms. The van der Waals surface area contributed by atoms with Crippen LogP contribution in [0.15, 0.2) is 29.2 Å². The highest BCUT2D eigenvalue weighted by molar-refractivity contribution is 8.13. The Morgan fingerprint density at radius 2 is 2.00 bits per heavy atom. The first-order valence-corrected chi connectivity index (χ1v) is 6.87. The van der Waals surface area contributed by atoms with Crippen LogP contribution >= 0.6 is 10.7 Å². The summed E-state index contributed by atoms with van der Waals surface area (Å²) in [6.45, 7) is 0.349. The van der Waals surface area contributed by atoms with Gasteiger partial charge < -0.3 is 10.6 Å². The van der Waals surface area contributed by atoms with Crippen molar-refractivity contribution in [3.8, 4) is 0 Å². The average molecular weight is 261 g/mol. The lowest BCUT2D eigenvalue weighted by Gasteiger charge is -2.12. The molecule has 2 amide bonds. The Labute approximate surface area is 97.2 Å². The Kier molecular flexibility index (Phi) is 2.77. The highest BCUT2D eigenvalue weighted by atomic mass is 35.7. The molecule has 0 aliphatic carbocycles. The second-order valence-electron chi connectivity index (χ2n) is 3.38. The van der Waals surface area contributed by atoms with Gasteiger partial charge in [0, 0.05) is 17.2 Å². The number of amides is 2. The van der Waals surface area contributed by atoms with Crippen molar-refractivity contribution in [3.63, 3.8) is 0 Å². The minimum atomic E-state index is -3.80. The molecule has 1 saturated heterocycles. The van der Waals surface area contributed by atoms with E-state index in [0.29, 0.717) is 12.1 Å². The van der Waals surface area contributed by atoms with Crippen molar-refractivity contribution in [2.45, 2.75) is 10.9 Å². The summed E-state index contributed by atoms with van der Waals surface area (Å²) in [5.41, 5.74) is 0.496. The van der Waals surface area contributed by atoms with Crippen molar-refractivity contribution in [3.05, 3.63) is 29.8 Å². The summed E-state index contributed by atoms with van der Waals surface area (Å²) in [5.74, 6) is 0. The third kappa shape index (κ3) is 2.12. The molecule has 0 saturated carbocycles. The molecule has 1 heterocycles. The number of hydrogen-bond donors (Lipinski definition) is 2. The summed E-state index contributed by atoms with van der Waals surface area (Å²) >= 11 is 0. The van der Waals surface area contributed by atoms with Gasteiger partial charge in [-0.1, -0.05) is 18.2 Å². The number of benzene rings is 1. The number of carbonyl (C=O) groups excluding carboxylic acids is 1. The minimum Gasteiger partial charge on any atom is -0.336 e. The minimum absolute atomic E-state index is 0.0330. The first-order valence-electron chi connectivity index (χ1n) is 4.56. The summed E-state index contributed by atoms with van der Waals surface area (Å²) in [4.78, 5) is 11.0. The van der Waals surface area contributed by atoms with Crippen LogP contribution in [0.4, 0.5) is 4.79 Å². The molecule has 1 aromatic carbocycles. The quantitative estimate of drug-likeness (QED) is 0.778. The highest BCUT2D eigenvalue weighted by Gasteiger charge is 2.26. The molecule has 2 N–H and O–H groups in total. The maximum absolute atomic E-state index is 11.3. The Hall–Kier alpha value is -1.27. The number of urea groups is 1. The van der Waals surface area contributed by atoms with E-state index >= 15 is 0 Å². The van der Waals surface area contributed by atoms with Gasteiger partial charge in [-0.05, 0) is 11.6 Å². The first-order chi connectivity index (χ1) is 7.48. The number of rotatable bonds is 2. The van der Waals surface area contributed by atoms with E-state index in [9.17, 15) is 13.2 Å². The van der Waals surface area contributed by atoms with E-state index in [-0.39, 0.29) is 17.0 Å². The number of halogens is 1. The monoisotopic (exact) mass is 260 g/mol. The van der Waals surface area contributed by atoms with Crippen molar-refractivity contribution < 1.29 is 13.2 Å². The molecule has 0 aromatic heterocycles. The fraction of sp³-hybridized carbons (Fsp3) is 0.222. The predicted octanol–water partition coefficient (Wildman–Crippen LogP) is 0.968. The largest absolute Gasteiger partial charge is 0.336 e. The molecule has 1 aromatic rings. The van der Waals surface area contributed by atoms with Gasteiger partial charge in [-0.15, -0.1) is 0 Å². The molecule has 1 aliphatic heterocycles. The van der Waals surface area contributed by atoms with Crippen molar-refractivity contribution in [1.29, 1.82) is 0 Å². The van der Waals surface area contributed by atoms with Gasteiger partial charge in [0.05, 0.1) is 10.9 Å². The average Bonchev–Trinajstić information content (AvgIpc) is 2.64. The lowest BCUT2D eigenvalue weighted by Crippen LogP contribution is -2.22. The Balaban J connectivity index is 2.45. The van der Waals surface area contributed by atoms with Gasteiger partial charge in [0.1, 0.15) is 0 Å². The zero-order valence-corrected chi connectivity index (χ0v) is 9.68. The molecule has 0 radical (unpaired) electrons. The first kappa shape index (κ1) is 11.2. The second kappa shape index (κ2) is 3.95. The third-order valence-corrected chi connectivity index (χ3v) is 3.73. The van der Waals surface area contributed by atoms with E-state index in [1.807, 2.05) is 0 Å². The highest BCUT2D eigenvalue weighted by Crippen LogP contribution is 2.26. The normalized spacial score (nSPS) is 20.3. The van der Waals surface area contributed by atoms with Crippen LogP contribution in [-0.2, 0) is 9.05 Å². The molecule has 1 atom stereocenters. The molecule has 86 valence electrons. The van der Waals surface area contributed by atoms with Crippen LogP contribution in [0, 0.1) is 0 Å².